The van der Waals surface area contributed by atoms with Crippen LogP contribution in [0.2, 0.25) is 0 Å². The molecule has 1 fully saturated rings. The lowest BCUT2D eigenvalue weighted by Gasteiger charge is -2.39. The number of aliphatic hydroxyl groups is 1. The third-order valence-electron chi connectivity index (χ3n) is 7.20. The van der Waals surface area contributed by atoms with Gasteiger partial charge in [-0.3, -0.25) is 0 Å². The molecule has 0 aliphatic heterocycles. The van der Waals surface area contributed by atoms with Crippen LogP contribution in [0, 0.1) is 0 Å². The SMILES string of the molecule is CCOC(=O)COc1cccc(C[C@@]2(c3nc(-c4ccccc4)c(-c4ccccc4)o3)CCCC[C@H]2O)c1. The van der Waals surface area contributed by atoms with Gasteiger partial charge in [-0.15, -0.1) is 0 Å². The molecule has 6 heteroatoms. The van der Waals surface area contributed by atoms with E-state index >= 15 is 0 Å². The molecule has 38 heavy (non-hydrogen) atoms. The Morgan fingerprint density at radius 1 is 1.00 bits per heavy atom. The maximum atomic E-state index is 11.8. The molecule has 5 rings (SSSR count). The number of aromatic nitrogens is 1. The summed E-state index contributed by atoms with van der Waals surface area (Å²) in [6.07, 6.45) is 3.30. The highest BCUT2D eigenvalue weighted by atomic mass is 16.6. The highest BCUT2D eigenvalue weighted by Gasteiger charge is 2.46. The third kappa shape index (κ3) is 5.50. The first-order valence-corrected chi connectivity index (χ1v) is 13.3. The number of oxazole rings is 1. The van der Waals surface area contributed by atoms with Gasteiger partial charge in [0.15, 0.2) is 12.4 Å². The molecule has 3 aromatic carbocycles. The van der Waals surface area contributed by atoms with E-state index in [1.165, 1.54) is 0 Å². The summed E-state index contributed by atoms with van der Waals surface area (Å²) in [5, 5.41) is 11.5. The van der Waals surface area contributed by atoms with Gasteiger partial charge >= 0.3 is 5.97 Å². The van der Waals surface area contributed by atoms with Gasteiger partial charge in [-0.25, -0.2) is 9.78 Å². The quantitative estimate of drug-likeness (QED) is 0.263. The molecule has 0 saturated heterocycles. The van der Waals surface area contributed by atoms with Crippen LogP contribution in [0.25, 0.3) is 22.6 Å². The zero-order valence-electron chi connectivity index (χ0n) is 21.6. The number of rotatable bonds is 9. The average molecular weight is 512 g/mol. The summed E-state index contributed by atoms with van der Waals surface area (Å²) in [5.74, 6) is 1.44. The smallest absolute Gasteiger partial charge is 0.344 e. The Hall–Kier alpha value is -3.90. The first-order valence-electron chi connectivity index (χ1n) is 13.3. The first-order chi connectivity index (χ1) is 18.6. The standard InChI is InChI=1S/C32H33NO5/c1-2-36-28(35)22-37-26-17-11-12-23(20-26)21-32(19-10-9-18-27(32)34)31-33-29(24-13-5-3-6-14-24)30(38-31)25-15-7-4-8-16-25/h3-8,11-17,20,27,34H,2,9-10,18-19,21-22H2,1H3/t27-,32+/m1/s1. The lowest BCUT2D eigenvalue weighted by atomic mass is 9.68. The van der Waals surface area contributed by atoms with Crippen molar-refractivity contribution in [1.29, 1.82) is 0 Å². The van der Waals surface area contributed by atoms with Crippen LogP contribution >= 0.6 is 0 Å². The molecule has 6 nitrogen and oxygen atoms in total. The van der Waals surface area contributed by atoms with Crippen molar-refractivity contribution >= 4 is 5.97 Å². The molecule has 0 amide bonds. The number of carbonyl (C=O) groups excluding carboxylic acids is 1. The van der Waals surface area contributed by atoms with Crippen LogP contribution < -0.4 is 4.74 Å². The number of benzene rings is 3. The maximum Gasteiger partial charge on any atom is 0.344 e. The second kappa shape index (κ2) is 11.7. The topological polar surface area (TPSA) is 81.8 Å². The average Bonchev–Trinajstić information content (AvgIpc) is 3.41. The van der Waals surface area contributed by atoms with E-state index in [0.29, 0.717) is 36.8 Å². The monoisotopic (exact) mass is 511 g/mol. The van der Waals surface area contributed by atoms with Crippen LogP contribution in [0.15, 0.2) is 89.3 Å². The van der Waals surface area contributed by atoms with E-state index in [1.807, 2.05) is 84.9 Å². The van der Waals surface area contributed by atoms with Crippen LogP contribution in [0.5, 0.6) is 5.75 Å². The summed E-state index contributed by atoms with van der Waals surface area (Å²) in [5.41, 5.74) is 2.98. The minimum Gasteiger partial charge on any atom is -0.482 e. The molecule has 4 aromatic rings. The minimum absolute atomic E-state index is 0.147. The Bertz CT molecular complexity index is 1290. The van der Waals surface area contributed by atoms with Gasteiger partial charge in [0.25, 0.3) is 0 Å². The lowest BCUT2D eigenvalue weighted by molar-refractivity contribution is -0.145. The fourth-order valence-electron chi connectivity index (χ4n) is 5.32. The molecule has 0 spiro atoms. The molecule has 1 saturated carbocycles. The molecule has 1 aliphatic rings. The van der Waals surface area contributed by atoms with Crippen molar-refractivity contribution in [3.05, 3.63) is 96.4 Å². The summed E-state index contributed by atoms with van der Waals surface area (Å²) in [6, 6.07) is 27.7. The molecule has 1 aliphatic carbocycles. The van der Waals surface area contributed by atoms with Crippen LogP contribution in [0.3, 0.4) is 0 Å². The van der Waals surface area contributed by atoms with Crippen molar-refractivity contribution in [2.45, 2.75) is 50.5 Å². The predicted molar refractivity (Wildman–Crippen MR) is 146 cm³/mol. The first kappa shape index (κ1) is 25.7. The van der Waals surface area contributed by atoms with Crippen molar-refractivity contribution in [3.63, 3.8) is 0 Å². The van der Waals surface area contributed by atoms with Gasteiger partial charge in [0, 0.05) is 11.1 Å². The molecule has 1 heterocycles. The summed E-state index contributed by atoms with van der Waals surface area (Å²) in [4.78, 5) is 16.8. The van der Waals surface area contributed by atoms with Crippen molar-refractivity contribution in [3.8, 4) is 28.3 Å². The van der Waals surface area contributed by atoms with Gasteiger partial charge in [0.05, 0.1) is 18.1 Å². The molecule has 0 radical (unpaired) electrons. The lowest BCUT2D eigenvalue weighted by Crippen LogP contribution is -2.44. The van der Waals surface area contributed by atoms with Crippen molar-refractivity contribution < 1.29 is 23.8 Å². The molecule has 2 atom stereocenters. The second-order valence-electron chi connectivity index (χ2n) is 9.76. The van der Waals surface area contributed by atoms with Gasteiger partial charge < -0.3 is 19.0 Å². The van der Waals surface area contributed by atoms with E-state index in [9.17, 15) is 9.90 Å². The Balaban J connectivity index is 1.53. The number of hydrogen-bond acceptors (Lipinski definition) is 6. The summed E-state index contributed by atoms with van der Waals surface area (Å²) >= 11 is 0. The zero-order chi connectivity index (χ0) is 26.4. The number of hydrogen-bond donors (Lipinski definition) is 1. The fraction of sp³-hybridized carbons (Fsp3) is 0.312. The van der Waals surface area contributed by atoms with Crippen LogP contribution in [-0.4, -0.2) is 35.4 Å². The summed E-state index contributed by atoms with van der Waals surface area (Å²) < 4.78 is 17.3. The van der Waals surface area contributed by atoms with Crippen molar-refractivity contribution in [2.75, 3.05) is 13.2 Å². The largest absolute Gasteiger partial charge is 0.482 e. The maximum absolute atomic E-state index is 11.8. The van der Waals surface area contributed by atoms with Crippen molar-refractivity contribution in [1.82, 2.24) is 4.98 Å². The highest BCUT2D eigenvalue weighted by Crippen LogP contribution is 2.45. The summed E-state index contributed by atoms with van der Waals surface area (Å²) in [7, 11) is 0. The number of nitrogens with zero attached hydrogens (tertiary/aromatic N) is 1. The zero-order valence-corrected chi connectivity index (χ0v) is 21.6. The van der Waals surface area contributed by atoms with E-state index in [1.54, 1.807) is 6.92 Å². The Labute approximate surface area is 223 Å². The Morgan fingerprint density at radius 3 is 2.45 bits per heavy atom. The van der Waals surface area contributed by atoms with Crippen LogP contribution in [-0.2, 0) is 21.4 Å². The van der Waals surface area contributed by atoms with E-state index < -0.39 is 17.5 Å². The van der Waals surface area contributed by atoms with Crippen molar-refractivity contribution in [2.24, 2.45) is 0 Å². The Morgan fingerprint density at radius 2 is 1.74 bits per heavy atom. The molecule has 0 bridgehead atoms. The molecule has 1 N–H and O–H groups in total. The predicted octanol–water partition coefficient (Wildman–Crippen LogP) is 6.37. The third-order valence-corrected chi connectivity index (χ3v) is 7.20. The number of ether oxygens (including phenoxy) is 2. The van der Waals surface area contributed by atoms with Gasteiger partial charge in [-0.05, 0) is 43.9 Å². The number of aliphatic hydroxyl groups excluding tert-OH is 1. The number of carbonyl (C=O) groups is 1. The van der Waals surface area contributed by atoms with Gasteiger partial charge in [-0.2, -0.15) is 0 Å². The van der Waals surface area contributed by atoms with Gasteiger partial charge in [-0.1, -0.05) is 85.6 Å². The van der Waals surface area contributed by atoms with E-state index in [0.717, 1.165) is 41.6 Å². The highest BCUT2D eigenvalue weighted by molar-refractivity contribution is 5.77. The second-order valence-corrected chi connectivity index (χ2v) is 9.76. The number of esters is 1. The van der Waals surface area contributed by atoms with E-state index in [-0.39, 0.29) is 6.61 Å². The fourth-order valence-corrected chi connectivity index (χ4v) is 5.32. The normalized spacial score (nSPS) is 19.2. The van der Waals surface area contributed by atoms with Crippen LogP contribution in [0.4, 0.5) is 0 Å². The molecule has 0 unspecified atom stereocenters. The molecule has 1 aromatic heterocycles. The van der Waals surface area contributed by atoms with Gasteiger partial charge in [0.2, 0.25) is 5.89 Å². The Kier molecular flexibility index (Phi) is 7.89. The minimum atomic E-state index is -0.686. The molecular weight excluding hydrogens is 478 g/mol. The summed E-state index contributed by atoms with van der Waals surface area (Å²) in [6.45, 7) is 1.93. The van der Waals surface area contributed by atoms with E-state index in [4.69, 9.17) is 18.9 Å². The molecular formula is C32H33NO5. The molecule has 196 valence electrons. The van der Waals surface area contributed by atoms with E-state index in [2.05, 4.69) is 0 Å². The van der Waals surface area contributed by atoms with Gasteiger partial charge in [0.1, 0.15) is 11.4 Å². The van der Waals surface area contributed by atoms with Crippen LogP contribution in [0.1, 0.15) is 44.1 Å².